The van der Waals surface area contributed by atoms with Crippen LogP contribution in [0.3, 0.4) is 0 Å². The van der Waals surface area contributed by atoms with E-state index in [1.807, 2.05) is 11.8 Å². The number of benzene rings is 1. The Labute approximate surface area is 117 Å². The van der Waals surface area contributed by atoms with Gasteiger partial charge in [0.25, 0.3) is 0 Å². The highest BCUT2D eigenvalue weighted by atomic mass is 79.9. The SMILES string of the molecule is NCCc1ccc(SC2CCCCC2)c(Br)c1. The first-order valence-electron chi connectivity index (χ1n) is 6.45. The molecule has 3 heteroatoms. The van der Waals surface area contributed by atoms with Gasteiger partial charge in [0.05, 0.1) is 0 Å². The Balaban J connectivity index is 2.00. The van der Waals surface area contributed by atoms with E-state index < -0.39 is 0 Å². The molecule has 0 saturated heterocycles. The number of hydrogen-bond donors (Lipinski definition) is 1. The summed E-state index contributed by atoms with van der Waals surface area (Å²) >= 11 is 5.72. The first-order valence-corrected chi connectivity index (χ1v) is 8.12. The molecule has 1 nitrogen and oxygen atoms in total. The highest BCUT2D eigenvalue weighted by Gasteiger charge is 2.15. The van der Waals surface area contributed by atoms with Crippen LogP contribution in [0, 0.1) is 0 Å². The molecule has 1 saturated carbocycles. The summed E-state index contributed by atoms with van der Waals surface area (Å²) in [7, 11) is 0. The molecule has 0 amide bonds. The summed E-state index contributed by atoms with van der Waals surface area (Å²) in [6.07, 6.45) is 7.95. The number of hydrogen-bond acceptors (Lipinski definition) is 2. The van der Waals surface area contributed by atoms with Crippen LogP contribution in [0.2, 0.25) is 0 Å². The van der Waals surface area contributed by atoms with Crippen LogP contribution in [0.25, 0.3) is 0 Å². The molecule has 2 rings (SSSR count). The van der Waals surface area contributed by atoms with E-state index in [-0.39, 0.29) is 0 Å². The molecule has 0 heterocycles. The molecule has 0 spiro atoms. The third-order valence-corrected chi connectivity index (χ3v) is 5.61. The zero-order chi connectivity index (χ0) is 12.1. The maximum atomic E-state index is 5.58. The third-order valence-electron chi connectivity index (χ3n) is 3.28. The van der Waals surface area contributed by atoms with E-state index in [2.05, 4.69) is 34.1 Å². The minimum Gasteiger partial charge on any atom is -0.330 e. The van der Waals surface area contributed by atoms with E-state index in [0.717, 1.165) is 18.2 Å². The zero-order valence-electron chi connectivity index (χ0n) is 10.1. The smallest absolute Gasteiger partial charge is 0.0314 e. The van der Waals surface area contributed by atoms with Crippen molar-refractivity contribution >= 4 is 27.7 Å². The summed E-state index contributed by atoms with van der Waals surface area (Å²) in [6, 6.07) is 6.68. The van der Waals surface area contributed by atoms with Crippen LogP contribution in [0.1, 0.15) is 37.7 Å². The molecule has 1 fully saturated rings. The van der Waals surface area contributed by atoms with Crippen LogP contribution in [-0.2, 0) is 6.42 Å². The second kappa shape index (κ2) is 6.81. The molecule has 17 heavy (non-hydrogen) atoms. The molecule has 0 aliphatic heterocycles. The molecule has 1 aliphatic rings. The lowest BCUT2D eigenvalue weighted by Crippen LogP contribution is -2.08. The summed E-state index contributed by atoms with van der Waals surface area (Å²) < 4.78 is 1.24. The summed E-state index contributed by atoms with van der Waals surface area (Å²) in [5, 5.41) is 0.820. The molecule has 94 valence electrons. The van der Waals surface area contributed by atoms with Crippen molar-refractivity contribution in [3.63, 3.8) is 0 Å². The molecule has 0 radical (unpaired) electrons. The van der Waals surface area contributed by atoms with Gasteiger partial charge in [-0.1, -0.05) is 25.3 Å². The van der Waals surface area contributed by atoms with Crippen LogP contribution in [0.5, 0.6) is 0 Å². The minimum absolute atomic E-state index is 0.724. The van der Waals surface area contributed by atoms with Gasteiger partial charge < -0.3 is 5.73 Å². The lowest BCUT2D eigenvalue weighted by molar-refractivity contribution is 0.516. The molecule has 0 atom stereocenters. The zero-order valence-corrected chi connectivity index (χ0v) is 12.5. The van der Waals surface area contributed by atoms with Crippen molar-refractivity contribution < 1.29 is 0 Å². The van der Waals surface area contributed by atoms with Crippen molar-refractivity contribution in [2.24, 2.45) is 5.73 Å². The van der Waals surface area contributed by atoms with E-state index in [0.29, 0.717) is 0 Å². The lowest BCUT2D eigenvalue weighted by atomic mass is 10.0. The van der Waals surface area contributed by atoms with E-state index in [1.54, 1.807) is 0 Å². The monoisotopic (exact) mass is 313 g/mol. The van der Waals surface area contributed by atoms with Gasteiger partial charge >= 0.3 is 0 Å². The van der Waals surface area contributed by atoms with Crippen molar-refractivity contribution in [2.75, 3.05) is 6.54 Å². The summed E-state index contributed by atoms with van der Waals surface area (Å²) in [5.41, 5.74) is 6.90. The number of rotatable bonds is 4. The molecule has 0 bridgehead atoms. The van der Waals surface area contributed by atoms with Crippen molar-refractivity contribution in [1.29, 1.82) is 0 Å². The molecular formula is C14H20BrNS. The number of thioether (sulfide) groups is 1. The second-order valence-electron chi connectivity index (χ2n) is 4.68. The van der Waals surface area contributed by atoms with E-state index >= 15 is 0 Å². The molecule has 1 aromatic rings. The van der Waals surface area contributed by atoms with E-state index in [4.69, 9.17) is 5.73 Å². The van der Waals surface area contributed by atoms with Crippen LogP contribution in [-0.4, -0.2) is 11.8 Å². The molecule has 0 unspecified atom stereocenters. The first-order chi connectivity index (χ1) is 8.29. The van der Waals surface area contributed by atoms with Gasteiger partial charge in [-0.05, 0) is 59.4 Å². The summed E-state index contributed by atoms with van der Waals surface area (Å²) in [5.74, 6) is 0. The predicted molar refractivity (Wildman–Crippen MR) is 79.6 cm³/mol. The second-order valence-corrected chi connectivity index (χ2v) is 6.88. The van der Waals surface area contributed by atoms with Crippen molar-refractivity contribution in [1.82, 2.24) is 0 Å². The summed E-state index contributed by atoms with van der Waals surface area (Å²) in [4.78, 5) is 1.39. The average molecular weight is 314 g/mol. The van der Waals surface area contributed by atoms with Gasteiger partial charge in [-0.3, -0.25) is 0 Å². The Morgan fingerprint density at radius 3 is 2.65 bits per heavy atom. The van der Waals surface area contributed by atoms with Crippen molar-refractivity contribution in [3.05, 3.63) is 28.2 Å². The average Bonchev–Trinajstić information content (AvgIpc) is 2.34. The number of nitrogens with two attached hydrogens (primary N) is 1. The van der Waals surface area contributed by atoms with Crippen molar-refractivity contribution in [3.8, 4) is 0 Å². The van der Waals surface area contributed by atoms with Crippen LogP contribution < -0.4 is 5.73 Å². The third kappa shape index (κ3) is 4.01. The van der Waals surface area contributed by atoms with Gasteiger partial charge in [0.15, 0.2) is 0 Å². The van der Waals surface area contributed by atoms with E-state index in [9.17, 15) is 0 Å². The maximum absolute atomic E-state index is 5.58. The fraction of sp³-hybridized carbons (Fsp3) is 0.571. The topological polar surface area (TPSA) is 26.0 Å². The molecular weight excluding hydrogens is 294 g/mol. The van der Waals surface area contributed by atoms with Crippen molar-refractivity contribution in [2.45, 2.75) is 48.7 Å². The summed E-state index contributed by atoms with van der Waals surface area (Å²) in [6.45, 7) is 0.724. The lowest BCUT2D eigenvalue weighted by Gasteiger charge is -2.21. The van der Waals surface area contributed by atoms with Gasteiger partial charge in [0.2, 0.25) is 0 Å². The Morgan fingerprint density at radius 2 is 2.00 bits per heavy atom. The predicted octanol–water partition coefficient (Wildman–Crippen LogP) is 4.38. The van der Waals surface area contributed by atoms with Gasteiger partial charge in [-0.25, -0.2) is 0 Å². The normalized spacial score (nSPS) is 17.3. The largest absolute Gasteiger partial charge is 0.330 e. The van der Waals surface area contributed by atoms with E-state index in [1.165, 1.54) is 47.0 Å². The van der Waals surface area contributed by atoms with Gasteiger partial charge in [0.1, 0.15) is 0 Å². The van der Waals surface area contributed by atoms with Gasteiger partial charge in [-0.2, -0.15) is 0 Å². The van der Waals surface area contributed by atoms with Crippen LogP contribution in [0.4, 0.5) is 0 Å². The number of halogens is 1. The van der Waals surface area contributed by atoms with Crippen LogP contribution in [0.15, 0.2) is 27.6 Å². The highest BCUT2D eigenvalue weighted by molar-refractivity contribution is 9.10. The quantitative estimate of drug-likeness (QED) is 0.893. The molecule has 2 N–H and O–H groups in total. The first kappa shape index (κ1) is 13.4. The fourth-order valence-corrected chi connectivity index (χ4v) is 4.28. The molecule has 1 aromatic carbocycles. The Kier molecular flexibility index (Phi) is 5.39. The molecule has 1 aliphatic carbocycles. The van der Waals surface area contributed by atoms with Crippen LogP contribution >= 0.6 is 27.7 Å². The van der Waals surface area contributed by atoms with Gasteiger partial charge in [0, 0.05) is 14.6 Å². The maximum Gasteiger partial charge on any atom is 0.0314 e. The molecule has 0 aromatic heterocycles. The highest BCUT2D eigenvalue weighted by Crippen LogP contribution is 2.37. The Hall–Kier alpha value is 0.01000. The minimum atomic E-state index is 0.724. The Bertz CT molecular complexity index is 361. The van der Waals surface area contributed by atoms with Gasteiger partial charge in [-0.15, -0.1) is 11.8 Å². The fourth-order valence-electron chi connectivity index (χ4n) is 2.32. The standard InChI is InChI=1S/C14H20BrNS/c15-13-10-11(8-9-16)6-7-14(13)17-12-4-2-1-3-5-12/h6-7,10,12H,1-5,8-9,16H2. The Morgan fingerprint density at radius 1 is 1.24 bits per heavy atom.